The van der Waals surface area contributed by atoms with Crippen molar-refractivity contribution in [2.45, 2.75) is 58.9 Å². The minimum atomic E-state index is -0.373. The van der Waals surface area contributed by atoms with Crippen molar-refractivity contribution >= 4 is 23.4 Å². The summed E-state index contributed by atoms with van der Waals surface area (Å²) < 4.78 is 0. The van der Waals surface area contributed by atoms with Crippen LogP contribution >= 0.6 is 0 Å². The molecule has 2 aromatic carbocycles. The monoisotopic (exact) mass is 401 g/mol. The van der Waals surface area contributed by atoms with Crippen LogP contribution in [0.3, 0.4) is 0 Å². The number of carbonyl (C=O) groups excluding carboxylic acids is 1. The molecule has 1 unspecified atom stereocenters. The first kappa shape index (κ1) is 21.6. The first-order valence-electron chi connectivity index (χ1n) is 10.6. The van der Waals surface area contributed by atoms with Crippen LogP contribution < -0.4 is 10.2 Å². The molecule has 0 radical (unpaired) electrons. The van der Waals surface area contributed by atoms with Gasteiger partial charge >= 0.3 is 0 Å². The zero-order valence-electron chi connectivity index (χ0n) is 18.8. The molecule has 0 saturated carbocycles. The largest absolute Gasteiger partial charge is 0.369 e. The number of amides is 1. The Bertz CT molecular complexity index is 1040. The summed E-state index contributed by atoms with van der Waals surface area (Å²) >= 11 is 0. The molecule has 1 amide bonds. The molecule has 1 N–H and O–H groups in total. The van der Waals surface area contributed by atoms with Gasteiger partial charge in [0.05, 0.1) is 0 Å². The highest BCUT2D eigenvalue weighted by molar-refractivity contribution is 6.10. The first-order chi connectivity index (χ1) is 14.2. The molecule has 0 aliphatic carbocycles. The van der Waals surface area contributed by atoms with Crippen LogP contribution in [-0.4, -0.2) is 18.5 Å². The van der Waals surface area contributed by atoms with E-state index >= 15 is 0 Å². The predicted octanol–water partition coefficient (Wildman–Crippen LogP) is 5.83. The van der Waals surface area contributed by atoms with Gasteiger partial charge in [-0.25, -0.2) is 0 Å². The Morgan fingerprint density at radius 1 is 1.33 bits per heavy atom. The van der Waals surface area contributed by atoms with Crippen LogP contribution in [0.15, 0.2) is 42.0 Å². The number of para-hydroxylation sites is 1. The van der Waals surface area contributed by atoms with Crippen molar-refractivity contribution in [2.24, 2.45) is 0 Å². The SMILES string of the molecule is CCc1ccccc1NC(=O)/C(C#N)=C\c1cc2c(cc1C)N(C)C(C)(C)CC2C. The van der Waals surface area contributed by atoms with Crippen molar-refractivity contribution in [1.82, 2.24) is 0 Å². The highest BCUT2D eigenvalue weighted by Gasteiger charge is 2.34. The zero-order valence-corrected chi connectivity index (χ0v) is 18.8. The van der Waals surface area contributed by atoms with Gasteiger partial charge in [-0.15, -0.1) is 0 Å². The summed E-state index contributed by atoms with van der Waals surface area (Å²) in [6, 6.07) is 14.1. The van der Waals surface area contributed by atoms with E-state index in [1.807, 2.05) is 38.1 Å². The van der Waals surface area contributed by atoms with Gasteiger partial charge in [-0.1, -0.05) is 32.0 Å². The molecule has 30 heavy (non-hydrogen) atoms. The fraction of sp³-hybridized carbons (Fsp3) is 0.385. The summed E-state index contributed by atoms with van der Waals surface area (Å²) in [5.74, 6) is 0.0385. The highest BCUT2D eigenvalue weighted by atomic mass is 16.1. The van der Waals surface area contributed by atoms with E-state index < -0.39 is 0 Å². The lowest BCUT2D eigenvalue weighted by atomic mass is 9.79. The zero-order chi connectivity index (χ0) is 22.1. The molecule has 1 aliphatic rings. The van der Waals surface area contributed by atoms with E-state index in [1.165, 1.54) is 11.3 Å². The van der Waals surface area contributed by atoms with Crippen LogP contribution in [0.5, 0.6) is 0 Å². The van der Waals surface area contributed by atoms with Gasteiger partial charge < -0.3 is 10.2 Å². The normalized spacial score (nSPS) is 17.8. The molecule has 2 aromatic rings. The van der Waals surface area contributed by atoms with Crippen molar-refractivity contribution < 1.29 is 4.79 Å². The number of anilines is 2. The number of hydrogen-bond donors (Lipinski definition) is 1. The maximum absolute atomic E-state index is 12.8. The van der Waals surface area contributed by atoms with Gasteiger partial charge in [-0.2, -0.15) is 5.26 Å². The van der Waals surface area contributed by atoms with E-state index in [9.17, 15) is 10.1 Å². The molecule has 4 heteroatoms. The second-order valence-electron chi connectivity index (χ2n) is 8.88. The van der Waals surface area contributed by atoms with Crippen LogP contribution in [-0.2, 0) is 11.2 Å². The van der Waals surface area contributed by atoms with Gasteiger partial charge in [0.25, 0.3) is 5.91 Å². The van der Waals surface area contributed by atoms with Gasteiger partial charge in [0.15, 0.2) is 0 Å². The third-order valence-corrected chi connectivity index (χ3v) is 6.33. The minimum Gasteiger partial charge on any atom is -0.369 e. The maximum atomic E-state index is 12.8. The fourth-order valence-electron chi connectivity index (χ4n) is 4.33. The van der Waals surface area contributed by atoms with Crippen molar-refractivity contribution in [2.75, 3.05) is 17.3 Å². The Kier molecular flexibility index (Phi) is 6.03. The smallest absolute Gasteiger partial charge is 0.266 e. The molecular weight excluding hydrogens is 370 g/mol. The van der Waals surface area contributed by atoms with E-state index in [4.69, 9.17) is 0 Å². The highest BCUT2D eigenvalue weighted by Crippen LogP contribution is 2.43. The number of nitrogens with one attached hydrogen (secondary N) is 1. The number of nitriles is 1. The molecule has 0 spiro atoms. The lowest BCUT2D eigenvalue weighted by Gasteiger charge is -2.45. The number of carbonyl (C=O) groups is 1. The summed E-state index contributed by atoms with van der Waals surface area (Å²) in [6.07, 6.45) is 3.59. The average molecular weight is 402 g/mol. The van der Waals surface area contributed by atoms with Crippen LogP contribution in [0.4, 0.5) is 11.4 Å². The molecule has 0 saturated heterocycles. The van der Waals surface area contributed by atoms with Gasteiger partial charge in [-0.3, -0.25) is 4.79 Å². The predicted molar refractivity (Wildman–Crippen MR) is 125 cm³/mol. The van der Waals surface area contributed by atoms with E-state index in [0.717, 1.165) is 35.2 Å². The number of benzene rings is 2. The van der Waals surface area contributed by atoms with Crippen molar-refractivity contribution in [3.63, 3.8) is 0 Å². The molecule has 1 heterocycles. The molecular formula is C26H31N3O. The van der Waals surface area contributed by atoms with Crippen molar-refractivity contribution in [3.8, 4) is 6.07 Å². The Balaban J connectivity index is 1.96. The van der Waals surface area contributed by atoms with E-state index in [0.29, 0.717) is 5.92 Å². The van der Waals surface area contributed by atoms with Crippen LogP contribution in [0.25, 0.3) is 6.08 Å². The molecule has 4 nitrogen and oxygen atoms in total. The number of hydrogen-bond acceptors (Lipinski definition) is 3. The van der Waals surface area contributed by atoms with Gasteiger partial charge in [0.1, 0.15) is 11.6 Å². The third kappa shape index (κ3) is 4.11. The number of nitrogens with zero attached hydrogens (tertiary/aromatic N) is 2. The Labute approximate surface area is 180 Å². The molecule has 1 atom stereocenters. The van der Waals surface area contributed by atoms with E-state index in [1.54, 1.807) is 6.08 Å². The first-order valence-corrected chi connectivity index (χ1v) is 10.6. The lowest BCUT2D eigenvalue weighted by molar-refractivity contribution is -0.112. The quantitative estimate of drug-likeness (QED) is 0.518. The second kappa shape index (κ2) is 8.36. The number of rotatable bonds is 4. The Morgan fingerprint density at radius 3 is 2.70 bits per heavy atom. The second-order valence-corrected chi connectivity index (χ2v) is 8.88. The van der Waals surface area contributed by atoms with Gasteiger partial charge in [0.2, 0.25) is 0 Å². The third-order valence-electron chi connectivity index (χ3n) is 6.33. The molecule has 156 valence electrons. The lowest BCUT2D eigenvalue weighted by Crippen LogP contribution is -2.45. The van der Waals surface area contributed by atoms with Crippen LogP contribution in [0.2, 0.25) is 0 Å². The Morgan fingerprint density at radius 2 is 2.03 bits per heavy atom. The van der Waals surface area contributed by atoms with Crippen molar-refractivity contribution in [1.29, 1.82) is 5.26 Å². The summed E-state index contributed by atoms with van der Waals surface area (Å²) in [5, 5.41) is 12.6. The average Bonchev–Trinajstić information content (AvgIpc) is 2.71. The van der Waals surface area contributed by atoms with E-state index in [-0.39, 0.29) is 17.0 Å². The van der Waals surface area contributed by atoms with Gasteiger partial charge in [-0.05, 0) is 86.1 Å². The Hall–Kier alpha value is -3.06. The summed E-state index contributed by atoms with van der Waals surface area (Å²) in [7, 11) is 2.14. The molecule has 0 fully saturated rings. The fourth-order valence-corrected chi connectivity index (χ4v) is 4.33. The molecule has 3 rings (SSSR count). The maximum Gasteiger partial charge on any atom is 0.266 e. The molecule has 0 bridgehead atoms. The summed E-state index contributed by atoms with van der Waals surface area (Å²) in [5.41, 5.74) is 6.49. The van der Waals surface area contributed by atoms with E-state index in [2.05, 4.69) is 56.2 Å². The van der Waals surface area contributed by atoms with Crippen LogP contribution in [0.1, 0.15) is 62.3 Å². The van der Waals surface area contributed by atoms with Gasteiger partial charge in [0, 0.05) is 24.0 Å². The molecule has 0 aromatic heterocycles. The number of aryl methyl sites for hydroxylation is 2. The topological polar surface area (TPSA) is 56.1 Å². The summed E-state index contributed by atoms with van der Waals surface area (Å²) in [4.78, 5) is 15.1. The summed E-state index contributed by atoms with van der Waals surface area (Å²) in [6.45, 7) is 10.9. The minimum absolute atomic E-state index is 0.0978. The molecule has 1 aliphatic heterocycles. The van der Waals surface area contributed by atoms with Crippen molar-refractivity contribution in [3.05, 3.63) is 64.2 Å². The number of fused-ring (bicyclic) bond motifs is 1. The standard InChI is InChI=1S/C26H31N3O/c1-7-19-10-8-9-11-23(19)28-25(30)21(16-27)13-20-14-22-18(3)15-26(4,5)29(6)24(22)12-17(20)2/h8-14,18H,7,15H2,1-6H3,(H,28,30)/b21-13-. The van der Waals surface area contributed by atoms with Crippen LogP contribution in [0, 0.1) is 18.3 Å².